The summed E-state index contributed by atoms with van der Waals surface area (Å²) in [7, 11) is 0. The molecule has 0 spiro atoms. The zero-order chi connectivity index (χ0) is 9.23. The predicted octanol–water partition coefficient (Wildman–Crippen LogP) is 1.28. The molecule has 13 heavy (non-hydrogen) atoms. The van der Waals surface area contributed by atoms with Gasteiger partial charge in [0.05, 0.1) is 0 Å². The SMILES string of the molecule is CCCCCC(=N)CCCCC.[H-].[Li+]. The van der Waals surface area contributed by atoms with E-state index in [4.69, 9.17) is 5.41 Å². The summed E-state index contributed by atoms with van der Waals surface area (Å²) in [5.41, 5.74) is 0.969. The van der Waals surface area contributed by atoms with E-state index in [2.05, 4.69) is 13.8 Å². The molecule has 0 saturated carbocycles. The first kappa shape index (κ1) is 15.7. The van der Waals surface area contributed by atoms with Gasteiger partial charge in [-0.25, -0.2) is 0 Å². The van der Waals surface area contributed by atoms with Crippen LogP contribution in [0.15, 0.2) is 0 Å². The van der Waals surface area contributed by atoms with Gasteiger partial charge >= 0.3 is 18.9 Å². The van der Waals surface area contributed by atoms with Gasteiger partial charge in [0.25, 0.3) is 0 Å². The normalized spacial score (nSPS) is 9.38. The van der Waals surface area contributed by atoms with E-state index in [0.717, 1.165) is 18.6 Å². The van der Waals surface area contributed by atoms with Gasteiger partial charge in [0.1, 0.15) is 0 Å². The Bertz CT molecular complexity index is 106. The van der Waals surface area contributed by atoms with Gasteiger partial charge < -0.3 is 6.84 Å². The maximum absolute atomic E-state index is 7.65. The van der Waals surface area contributed by atoms with Gasteiger partial charge in [0.2, 0.25) is 0 Å². The van der Waals surface area contributed by atoms with Crippen molar-refractivity contribution < 1.29 is 20.3 Å². The number of rotatable bonds is 8. The molecule has 74 valence electrons. The predicted molar refractivity (Wildman–Crippen MR) is 57.1 cm³/mol. The molecule has 0 unspecified atom stereocenters. The molecule has 1 nitrogen and oxygen atoms in total. The van der Waals surface area contributed by atoms with Gasteiger partial charge in [-0.15, -0.1) is 0 Å². The van der Waals surface area contributed by atoms with Crippen LogP contribution in [0.3, 0.4) is 0 Å². The van der Waals surface area contributed by atoms with E-state index in [9.17, 15) is 0 Å². The smallest absolute Gasteiger partial charge is 1.00 e. The fraction of sp³-hybridized carbons (Fsp3) is 0.909. The number of nitrogens with one attached hydrogen (secondary N) is 1. The Labute approximate surface area is 96.9 Å². The van der Waals surface area contributed by atoms with E-state index in [1.165, 1.54) is 38.5 Å². The van der Waals surface area contributed by atoms with Crippen molar-refractivity contribution >= 4 is 5.71 Å². The minimum Gasteiger partial charge on any atom is -1.00 e. The minimum absolute atomic E-state index is 0. The van der Waals surface area contributed by atoms with Crippen LogP contribution in [0.5, 0.6) is 0 Å². The molecule has 1 N–H and O–H groups in total. The average molecular weight is 177 g/mol. The first-order valence-corrected chi connectivity index (χ1v) is 5.37. The Morgan fingerprint density at radius 1 is 0.923 bits per heavy atom. The molecule has 0 radical (unpaired) electrons. The van der Waals surface area contributed by atoms with Crippen molar-refractivity contribution in [2.45, 2.75) is 65.2 Å². The summed E-state index contributed by atoms with van der Waals surface area (Å²) in [6.45, 7) is 4.42. The fourth-order valence-corrected chi connectivity index (χ4v) is 1.30. The summed E-state index contributed by atoms with van der Waals surface area (Å²) in [4.78, 5) is 0. The molecular formula is C11H24LiN. The summed E-state index contributed by atoms with van der Waals surface area (Å²) < 4.78 is 0. The van der Waals surface area contributed by atoms with Crippen molar-refractivity contribution in [3.63, 3.8) is 0 Å². The topological polar surface area (TPSA) is 23.9 Å². The van der Waals surface area contributed by atoms with Gasteiger partial charge in [-0.2, -0.15) is 0 Å². The van der Waals surface area contributed by atoms with E-state index in [1.54, 1.807) is 0 Å². The minimum atomic E-state index is 0. The number of unbranched alkanes of at least 4 members (excludes halogenated alkanes) is 4. The van der Waals surface area contributed by atoms with Crippen molar-refractivity contribution in [1.29, 1.82) is 5.41 Å². The molecule has 0 rings (SSSR count). The van der Waals surface area contributed by atoms with E-state index < -0.39 is 0 Å². The van der Waals surface area contributed by atoms with Crippen molar-refractivity contribution in [3.05, 3.63) is 0 Å². The van der Waals surface area contributed by atoms with Gasteiger partial charge in [0, 0.05) is 5.71 Å². The van der Waals surface area contributed by atoms with Crippen LogP contribution in [0.1, 0.15) is 66.6 Å². The van der Waals surface area contributed by atoms with Crippen LogP contribution in [0.25, 0.3) is 0 Å². The third kappa shape index (κ3) is 12.3. The molecule has 0 saturated heterocycles. The first-order valence-electron chi connectivity index (χ1n) is 5.37. The van der Waals surface area contributed by atoms with Crippen molar-refractivity contribution in [1.82, 2.24) is 0 Å². The molecule has 0 aromatic heterocycles. The van der Waals surface area contributed by atoms with Gasteiger partial charge in [-0.05, 0) is 25.7 Å². The molecule has 0 aromatic carbocycles. The molecule has 0 amide bonds. The van der Waals surface area contributed by atoms with Crippen LogP contribution in [-0.4, -0.2) is 5.71 Å². The van der Waals surface area contributed by atoms with E-state index in [0.29, 0.717) is 0 Å². The van der Waals surface area contributed by atoms with Crippen molar-refractivity contribution in [2.75, 3.05) is 0 Å². The van der Waals surface area contributed by atoms with Gasteiger partial charge in [0.15, 0.2) is 0 Å². The Hall–Kier alpha value is 0.267. The van der Waals surface area contributed by atoms with E-state index in [-0.39, 0.29) is 20.3 Å². The summed E-state index contributed by atoms with van der Waals surface area (Å²) >= 11 is 0. The summed E-state index contributed by atoms with van der Waals surface area (Å²) in [5.74, 6) is 0. The fourth-order valence-electron chi connectivity index (χ4n) is 1.30. The van der Waals surface area contributed by atoms with Crippen molar-refractivity contribution in [3.8, 4) is 0 Å². The zero-order valence-electron chi connectivity index (χ0n) is 10.7. The van der Waals surface area contributed by atoms with Crippen molar-refractivity contribution in [2.24, 2.45) is 0 Å². The molecule has 0 aliphatic carbocycles. The van der Waals surface area contributed by atoms with E-state index >= 15 is 0 Å². The largest absolute Gasteiger partial charge is 1.00 e. The zero-order valence-corrected chi connectivity index (χ0v) is 9.66. The maximum atomic E-state index is 7.65. The summed E-state index contributed by atoms with van der Waals surface area (Å²) in [5, 5.41) is 7.65. The van der Waals surface area contributed by atoms with Gasteiger partial charge in [-0.1, -0.05) is 39.5 Å². The molecular weight excluding hydrogens is 153 g/mol. The second kappa shape index (κ2) is 12.3. The summed E-state index contributed by atoms with van der Waals surface area (Å²) in [6.07, 6.45) is 9.63. The molecule has 0 heterocycles. The maximum Gasteiger partial charge on any atom is 1.00 e. The molecule has 0 aliphatic heterocycles. The average Bonchev–Trinajstić information content (AvgIpc) is 2.06. The number of hydrogen-bond donors (Lipinski definition) is 1. The van der Waals surface area contributed by atoms with Crippen LogP contribution in [0, 0.1) is 5.41 Å². The molecule has 0 aromatic rings. The second-order valence-corrected chi connectivity index (χ2v) is 3.52. The van der Waals surface area contributed by atoms with Crippen LogP contribution in [0.2, 0.25) is 0 Å². The summed E-state index contributed by atoms with van der Waals surface area (Å²) in [6, 6.07) is 0. The third-order valence-electron chi connectivity index (χ3n) is 2.16. The Balaban J connectivity index is -0.000000605. The van der Waals surface area contributed by atoms with Crippen LogP contribution in [-0.2, 0) is 0 Å². The molecule has 0 bridgehead atoms. The molecule has 0 atom stereocenters. The number of hydrogen-bond acceptors (Lipinski definition) is 1. The molecule has 0 aliphatic rings. The van der Waals surface area contributed by atoms with Crippen LogP contribution >= 0.6 is 0 Å². The molecule has 0 fully saturated rings. The second-order valence-electron chi connectivity index (χ2n) is 3.52. The Morgan fingerprint density at radius 3 is 1.62 bits per heavy atom. The van der Waals surface area contributed by atoms with Crippen LogP contribution < -0.4 is 18.9 Å². The van der Waals surface area contributed by atoms with Crippen LogP contribution in [0.4, 0.5) is 0 Å². The Morgan fingerprint density at radius 2 is 1.31 bits per heavy atom. The van der Waals surface area contributed by atoms with E-state index in [1.807, 2.05) is 0 Å². The first-order chi connectivity index (χ1) is 5.81. The standard InChI is InChI=1S/C11H23N.Li.H/c1-3-5-7-9-11(12)10-8-6-4-2;;/h12H,3-10H2,1-2H3;;/q;+1;-1. The molecule has 2 heteroatoms. The third-order valence-corrected chi connectivity index (χ3v) is 2.16. The van der Waals surface area contributed by atoms with Gasteiger partial charge in [-0.3, -0.25) is 0 Å². The Kier molecular flexibility index (Phi) is 14.8. The quantitative estimate of drug-likeness (QED) is 0.328. The monoisotopic (exact) mass is 177 g/mol.